The highest BCUT2D eigenvalue weighted by Crippen LogP contribution is 2.68. The van der Waals surface area contributed by atoms with Crippen molar-refractivity contribution in [3.63, 3.8) is 0 Å². The van der Waals surface area contributed by atoms with Gasteiger partial charge >= 0.3 is 5.97 Å². The van der Waals surface area contributed by atoms with E-state index in [4.69, 9.17) is 0 Å². The molecule has 3 heterocycles. The molecule has 1 spiro atoms. The molecule has 3 saturated heterocycles. The molecule has 35 heavy (non-hydrogen) atoms. The van der Waals surface area contributed by atoms with Gasteiger partial charge in [-0.3, -0.25) is 14.4 Å². The van der Waals surface area contributed by atoms with Crippen LogP contribution in [-0.2, 0) is 14.4 Å². The van der Waals surface area contributed by atoms with Gasteiger partial charge in [0.15, 0.2) is 0 Å². The van der Waals surface area contributed by atoms with Crippen molar-refractivity contribution in [3.05, 3.63) is 42.0 Å². The summed E-state index contributed by atoms with van der Waals surface area (Å²) in [7, 11) is 0. The van der Waals surface area contributed by atoms with Gasteiger partial charge in [-0.15, -0.1) is 18.3 Å². The van der Waals surface area contributed by atoms with Crippen LogP contribution in [0.15, 0.2) is 30.9 Å². The molecule has 9 heteroatoms. The van der Waals surface area contributed by atoms with Crippen molar-refractivity contribution in [2.24, 2.45) is 17.8 Å². The maximum atomic E-state index is 14.5. The number of carbonyl (C=O) groups is 3. The molecule has 2 bridgehead atoms. The number of hydrogen-bond acceptors (Lipinski definition) is 5. The molecule has 2 N–H and O–H groups in total. The smallest absolute Gasteiger partial charge is 0.308 e. The molecule has 2 amide bonds. The lowest BCUT2D eigenvalue weighted by atomic mass is 9.71. The molecule has 1 aromatic rings. The van der Waals surface area contributed by atoms with E-state index in [1.54, 1.807) is 11.0 Å². The van der Waals surface area contributed by atoms with Gasteiger partial charge in [-0.2, -0.15) is 0 Å². The van der Waals surface area contributed by atoms with E-state index in [1.165, 1.54) is 16.7 Å². The SMILES string of the molecule is C=CCN(C(=O)C1N([C@@H](CO)C(C)C)C(=O)[C@@H]2[C@H](C(=O)O)[C@H]3SC12CC3Br)c1cc(C)ccc1C. The number of aliphatic carboxylic acids is 1. The average molecular weight is 566 g/mol. The Labute approximate surface area is 219 Å². The van der Waals surface area contributed by atoms with Crippen LogP contribution >= 0.6 is 27.7 Å². The van der Waals surface area contributed by atoms with Crippen molar-refractivity contribution in [2.45, 2.75) is 61.0 Å². The second-order valence-corrected chi connectivity index (χ2v) is 13.0. The van der Waals surface area contributed by atoms with Crippen LogP contribution in [0.25, 0.3) is 0 Å². The molecule has 0 aliphatic carbocycles. The Kier molecular flexibility index (Phi) is 7.16. The van der Waals surface area contributed by atoms with Crippen LogP contribution in [0.2, 0.25) is 0 Å². The molecule has 3 unspecified atom stereocenters. The van der Waals surface area contributed by atoms with Gasteiger partial charge in [-0.1, -0.05) is 48.0 Å². The Morgan fingerprint density at radius 1 is 1.37 bits per heavy atom. The van der Waals surface area contributed by atoms with Gasteiger partial charge in [0, 0.05) is 22.3 Å². The van der Waals surface area contributed by atoms with Crippen LogP contribution in [-0.4, -0.2) is 73.0 Å². The van der Waals surface area contributed by atoms with Crippen molar-refractivity contribution < 1.29 is 24.6 Å². The third-order valence-corrected chi connectivity index (χ3v) is 11.0. The van der Waals surface area contributed by atoms with E-state index in [0.29, 0.717) is 6.42 Å². The lowest BCUT2D eigenvalue weighted by molar-refractivity contribution is -0.149. The number of aliphatic hydroxyl groups is 1. The number of carboxylic acids is 1. The van der Waals surface area contributed by atoms with Gasteiger partial charge in [-0.25, -0.2) is 0 Å². The normalized spacial score (nSPS) is 32.1. The zero-order valence-corrected chi connectivity index (χ0v) is 22.9. The number of aliphatic hydroxyl groups excluding tert-OH is 1. The summed E-state index contributed by atoms with van der Waals surface area (Å²) in [6.07, 6.45) is 2.18. The van der Waals surface area contributed by atoms with E-state index in [9.17, 15) is 24.6 Å². The summed E-state index contributed by atoms with van der Waals surface area (Å²) in [6, 6.07) is 4.41. The maximum absolute atomic E-state index is 14.5. The first-order valence-electron chi connectivity index (χ1n) is 12.0. The van der Waals surface area contributed by atoms with Crippen molar-refractivity contribution in [3.8, 4) is 0 Å². The highest BCUT2D eigenvalue weighted by Gasteiger charge is 2.76. The van der Waals surface area contributed by atoms with Crippen molar-refractivity contribution in [1.29, 1.82) is 0 Å². The number of fused-ring (bicyclic) bond motifs is 1. The summed E-state index contributed by atoms with van der Waals surface area (Å²) in [5.41, 5.74) is 2.67. The Morgan fingerprint density at radius 2 is 2.06 bits per heavy atom. The first-order valence-corrected chi connectivity index (χ1v) is 13.8. The van der Waals surface area contributed by atoms with Crippen LogP contribution < -0.4 is 4.90 Å². The third-order valence-electron chi connectivity index (χ3n) is 7.79. The number of rotatable bonds is 8. The fourth-order valence-electron chi connectivity index (χ4n) is 6.20. The first-order chi connectivity index (χ1) is 16.5. The highest BCUT2D eigenvalue weighted by molar-refractivity contribution is 9.09. The Morgan fingerprint density at radius 3 is 2.63 bits per heavy atom. The number of aryl methyl sites for hydroxylation is 2. The second-order valence-electron chi connectivity index (χ2n) is 10.3. The van der Waals surface area contributed by atoms with E-state index in [0.717, 1.165) is 16.8 Å². The second kappa shape index (κ2) is 9.56. The lowest BCUT2D eigenvalue weighted by Crippen LogP contribution is -2.59. The van der Waals surface area contributed by atoms with E-state index < -0.39 is 34.6 Å². The van der Waals surface area contributed by atoms with Gasteiger partial charge in [-0.05, 0) is 43.4 Å². The molecule has 0 aromatic heterocycles. The third kappa shape index (κ3) is 3.94. The van der Waals surface area contributed by atoms with Crippen LogP contribution in [0.4, 0.5) is 5.69 Å². The fourth-order valence-corrected chi connectivity index (χ4v) is 9.79. The van der Waals surface area contributed by atoms with Crippen molar-refractivity contribution in [2.75, 3.05) is 18.1 Å². The molecule has 0 radical (unpaired) electrons. The predicted octanol–water partition coefficient (Wildman–Crippen LogP) is 3.39. The van der Waals surface area contributed by atoms with E-state index in [-0.39, 0.29) is 41.0 Å². The van der Waals surface area contributed by atoms with Crippen LogP contribution in [0.3, 0.4) is 0 Å². The maximum Gasteiger partial charge on any atom is 0.308 e. The quantitative estimate of drug-likeness (QED) is 0.371. The van der Waals surface area contributed by atoms with Gasteiger partial charge in [0.05, 0.1) is 29.2 Å². The fraction of sp³-hybridized carbons (Fsp3) is 0.577. The molecule has 0 saturated carbocycles. The Bertz CT molecular complexity index is 1060. The summed E-state index contributed by atoms with van der Waals surface area (Å²) in [6.45, 7) is 11.5. The summed E-state index contributed by atoms with van der Waals surface area (Å²) >= 11 is 5.13. The van der Waals surface area contributed by atoms with Gasteiger partial charge in [0.2, 0.25) is 5.91 Å². The van der Waals surface area contributed by atoms with Gasteiger partial charge < -0.3 is 20.0 Å². The highest BCUT2D eigenvalue weighted by atomic mass is 79.9. The van der Waals surface area contributed by atoms with Crippen LogP contribution in [0.1, 0.15) is 31.4 Å². The van der Waals surface area contributed by atoms with E-state index >= 15 is 0 Å². The Hall–Kier alpha value is -1.84. The van der Waals surface area contributed by atoms with Crippen molar-refractivity contribution in [1.82, 2.24) is 4.90 Å². The van der Waals surface area contributed by atoms with Crippen LogP contribution in [0, 0.1) is 31.6 Å². The van der Waals surface area contributed by atoms with Crippen LogP contribution in [0.5, 0.6) is 0 Å². The number of thioether (sulfide) groups is 1. The predicted molar refractivity (Wildman–Crippen MR) is 141 cm³/mol. The minimum atomic E-state index is -1.01. The zero-order valence-electron chi connectivity index (χ0n) is 20.5. The summed E-state index contributed by atoms with van der Waals surface area (Å²) < 4.78 is -0.879. The molecule has 4 rings (SSSR count). The number of carboxylic acid groups (broad SMARTS) is 1. The summed E-state index contributed by atoms with van der Waals surface area (Å²) in [4.78, 5) is 43.9. The monoisotopic (exact) mass is 564 g/mol. The number of hydrogen-bond donors (Lipinski definition) is 2. The Balaban J connectivity index is 1.89. The molecule has 7 nitrogen and oxygen atoms in total. The number of likely N-dealkylation sites (tertiary alicyclic amines) is 1. The van der Waals surface area contributed by atoms with Gasteiger partial charge in [0.1, 0.15) is 6.04 Å². The molecule has 1 aromatic carbocycles. The number of alkyl halides is 1. The zero-order chi connectivity index (χ0) is 25.8. The van der Waals surface area contributed by atoms with E-state index in [2.05, 4.69) is 22.5 Å². The number of benzene rings is 1. The topological polar surface area (TPSA) is 98.2 Å². The number of amides is 2. The number of nitrogens with zero attached hydrogens (tertiary/aromatic N) is 2. The summed E-state index contributed by atoms with van der Waals surface area (Å²) in [5.74, 6) is -3.42. The largest absolute Gasteiger partial charge is 0.481 e. The number of anilines is 1. The first kappa shape index (κ1) is 26.2. The molecular weight excluding hydrogens is 532 g/mol. The van der Waals surface area contributed by atoms with Crippen molar-refractivity contribution >= 4 is 51.2 Å². The van der Waals surface area contributed by atoms with E-state index in [1.807, 2.05) is 45.9 Å². The molecule has 3 fully saturated rings. The lowest BCUT2D eigenvalue weighted by Gasteiger charge is -2.41. The molecule has 7 atom stereocenters. The standard InChI is InChI=1S/C26H33BrN2O5S/c1-6-9-28(17-10-14(4)7-8-15(17)5)24(32)22-26-11-16(27)21(35-26)19(25(33)34)20(26)23(31)29(22)18(12-30)13(2)3/h6-8,10,13,16,18-22,30H,1,9,11-12H2,2-5H3,(H,33,34)/t16?,18-,19-,20-,21-,22?,26?/m0/s1. The molecule has 190 valence electrons. The summed E-state index contributed by atoms with van der Waals surface area (Å²) in [5, 5.41) is 20.1. The molecular formula is C26H33BrN2O5S. The molecule has 3 aliphatic rings. The minimum absolute atomic E-state index is 0.117. The number of halogens is 1. The minimum Gasteiger partial charge on any atom is -0.481 e. The molecule has 3 aliphatic heterocycles. The average Bonchev–Trinajstić information content (AvgIpc) is 3.38. The number of carbonyl (C=O) groups excluding carboxylic acids is 2. The van der Waals surface area contributed by atoms with Gasteiger partial charge in [0.25, 0.3) is 5.91 Å².